The van der Waals surface area contributed by atoms with Gasteiger partial charge in [-0.05, 0) is 42.5 Å². The molecule has 1 aromatic heterocycles. The largest absolute Gasteiger partial charge is 0.485 e. The second kappa shape index (κ2) is 7.68. The zero-order valence-electron chi connectivity index (χ0n) is 13.3. The van der Waals surface area contributed by atoms with Crippen molar-refractivity contribution in [2.24, 2.45) is 0 Å². The van der Waals surface area contributed by atoms with Crippen molar-refractivity contribution < 1.29 is 9.53 Å². The van der Waals surface area contributed by atoms with Gasteiger partial charge in [-0.25, -0.2) is 4.98 Å². The Morgan fingerprint density at radius 2 is 1.92 bits per heavy atom. The normalized spacial score (nSPS) is 10.3. The van der Waals surface area contributed by atoms with Crippen molar-refractivity contribution in [2.75, 3.05) is 11.1 Å². The molecule has 0 spiro atoms. The number of nitrogens with one attached hydrogen (secondary N) is 1. The number of carbonyl (C=O) groups is 1. The highest BCUT2D eigenvalue weighted by atomic mass is 35.5. The first-order valence-corrected chi connectivity index (χ1v) is 7.99. The minimum Gasteiger partial charge on any atom is -0.485 e. The molecular formula is C19H16ClN3O2. The molecule has 0 aliphatic rings. The van der Waals surface area contributed by atoms with Gasteiger partial charge < -0.3 is 15.8 Å². The van der Waals surface area contributed by atoms with Gasteiger partial charge in [-0.2, -0.15) is 0 Å². The molecule has 126 valence electrons. The van der Waals surface area contributed by atoms with Gasteiger partial charge in [0, 0.05) is 28.0 Å². The predicted molar refractivity (Wildman–Crippen MR) is 98.8 cm³/mol. The van der Waals surface area contributed by atoms with E-state index < -0.39 is 0 Å². The quantitative estimate of drug-likeness (QED) is 0.722. The zero-order chi connectivity index (χ0) is 17.6. The molecule has 0 atom stereocenters. The maximum Gasteiger partial charge on any atom is 0.255 e. The van der Waals surface area contributed by atoms with Crippen LogP contribution in [0, 0.1) is 0 Å². The monoisotopic (exact) mass is 353 g/mol. The van der Waals surface area contributed by atoms with Gasteiger partial charge in [-0.1, -0.05) is 29.8 Å². The Balaban J connectivity index is 1.72. The summed E-state index contributed by atoms with van der Waals surface area (Å²) in [5.41, 5.74) is 7.71. The van der Waals surface area contributed by atoms with E-state index in [1.165, 1.54) is 0 Å². The smallest absolute Gasteiger partial charge is 0.255 e. The van der Waals surface area contributed by atoms with E-state index >= 15 is 0 Å². The molecule has 0 unspecified atom stereocenters. The van der Waals surface area contributed by atoms with E-state index in [1.807, 2.05) is 18.2 Å². The fourth-order valence-electron chi connectivity index (χ4n) is 2.24. The Morgan fingerprint density at radius 3 is 2.68 bits per heavy atom. The number of aromatic nitrogens is 1. The molecule has 3 N–H and O–H groups in total. The third-order valence-corrected chi connectivity index (χ3v) is 3.89. The first kappa shape index (κ1) is 16.8. The van der Waals surface area contributed by atoms with Crippen LogP contribution in [-0.4, -0.2) is 10.9 Å². The van der Waals surface area contributed by atoms with Crippen LogP contribution < -0.4 is 15.8 Å². The third-order valence-electron chi connectivity index (χ3n) is 3.52. The second-order valence-electron chi connectivity index (χ2n) is 5.30. The van der Waals surface area contributed by atoms with Crippen molar-refractivity contribution in [3.8, 4) is 5.75 Å². The Hall–Kier alpha value is -3.05. The lowest BCUT2D eigenvalue weighted by Crippen LogP contribution is -2.12. The number of carbonyl (C=O) groups excluding carboxylic acids is 1. The molecule has 3 aromatic rings. The van der Waals surface area contributed by atoms with Crippen molar-refractivity contribution in [3.63, 3.8) is 0 Å². The topological polar surface area (TPSA) is 77.2 Å². The number of amides is 1. The molecule has 0 aliphatic carbocycles. The Bertz CT molecular complexity index is 885. The van der Waals surface area contributed by atoms with E-state index in [-0.39, 0.29) is 12.5 Å². The van der Waals surface area contributed by atoms with E-state index in [1.54, 1.807) is 48.7 Å². The van der Waals surface area contributed by atoms with Crippen molar-refractivity contribution in [3.05, 3.63) is 83.0 Å². The van der Waals surface area contributed by atoms with Crippen molar-refractivity contribution in [1.82, 2.24) is 4.98 Å². The van der Waals surface area contributed by atoms with E-state index in [0.29, 0.717) is 27.8 Å². The van der Waals surface area contributed by atoms with Crippen LogP contribution in [0.3, 0.4) is 0 Å². The summed E-state index contributed by atoms with van der Waals surface area (Å²) < 4.78 is 5.66. The molecule has 0 fully saturated rings. The van der Waals surface area contributed by atoms with Gasteiger partial charge >= 0.3 is 0 Å². The van der Waals surface area contributed by atoms with Gasteiger partial charge in [-0.15, -0.1) is 0 Å². The Labute approximate surface area is 150 Å². The van der Waals surface area contributed by atoms with E-state index in [2.05, 4.69) is 10.3 Å². The summed E-state index contributed by atoms with van der Waals surface area (Å²) in [6, 6.07) is 17.7. The second-order valence-corrected chi connectivity index (χ2v) is 5.71. The van der Waals surface area contributed by atoms with Crippen LogP contribution in [0.2, 0.25) is 5.02 Å². The van der Waals surface area contributed by atoms with Crippen LogP contribution in [0.5, 0.6) is 5.75 Å². The summed E-state index contributed by atoms with van der Waals surface area (Å²) in [6.45, 7) is 0.212. The summed E-state index contributed by atoms with van der Waals surface area (Å²) in [6.07, 6.45) is 1.59. The molecule has 0 bridgehead atoms. The summed E-state index contributed by atoms with van der Waals surface area (Å²) in [4.78, 5) is 16.2. The summed E-state index contributed by atoms with van der Waals surface area (Å²) in [5, 5.41) is 3.39. The lowest BCUT2D eigenvalue weighted by atomic mass is 10.2. The zero-order valence-corrected chi connectivity index (χ0v) is 14.0. The van der Waals surface area contributed by atoms with Gasteiger partial charge in [-0.3, -0.25) is 4.79 Å². The Kier molecular flexibility index (Phi) is 5.16. The van der Waals surface area contributed by atoms with Crippen LogP contribution in [-0.2, 0) is 6.61 Å². The predicted octanol–water partition coefficient (Wildman–Crippen LogP) is 4.15. The number of benzene rings is 2. The number of hydrogen-bond acceptors (Lipinski definition) is 4. The van der Waals surface area contributed by atoms with Gasteiger partial charge in [0.15, 0.2) is 11.6 Å². The highest BCUT2D eigenvalue weighted by Crippen LogP contribution is 2.24. The number of halogens is 1. The number of ether oxygens (including phenoxy) is 1. The maximum absolute atomic E-state index is 12.2. The minimum atomic E-state index is -0.189. The average Bonchev–Trinajstić information content (AvgIpc) is 2.64. The lowest BCUT2D eigenvalue weighted by Gasteiger charge is -2.11. The molecular weight excluding hydrogens is 338 g/mol. The summed E-state index contributed by atoms with van der Waals surface area (Å²) >= 11 is 6.22. The average molecular weight is 354 g/mol. The van der Waals surface area contributed by atoms with Crippen LogP contribution >= 0.6 is 11.6 Å². The van der Waals surface area contributed by atoms with Crippen LogP contribution in [0.4, 0.5) is 11.5 Å². The van der Waals surface area contributed by atoms with Gasteiger partial charge in [0.25, 0.3) is 5.91 Å². The molecule has 0 saturated heterocycles. The Morgan fingerprint density at radius 1 is 1.12 bits per heavy atom. The SMILES string of the molecule is Nc1ncccc1OCc1cc(NC(=O)c2ccccc2)ccc1Cl. The number of nitrogen functional groups attached to an aromatic ring is 1. The molecule has 5 nitrogen and oxygen atoms in total. The molecule has 1 heterocycles. The van der Waals surface area contributed by atoms with Crippen LogP contribution in [0.25, 0.3) is 0 Å². The summed E-state index contributed by atoms with van der Waals surface area (Å²) in [7, 11) is 0. The van der Waals surface area contributed by atoms with Gasteiger partial charge in [0.05, 0.1) is 0 Å². The number of hydrogen-bond donors (Lipinski definition) is 2. The molecule has 2 aromatic carbocycles. The molecule has 0 saturated carbocycles. The fraction of sp³-hybridized carbons (Fsp3) is 0.0526. The number of anilines is 2. The number of nitrogens with two attached hydrogens (primary N) is 1. The van der Waals surface area contributed by atoms with Crippen LogP contribution in [0.15, 0.2) is 66.9 Å². The van der Waals surface area contributed by atoms with Crippen molar-refractivity contribution >= 4 is 29.0 Å². The highest BCUT2D eigenvalue weighted by molar-refractivity contribution is 6.31. The standard InChI is InChI=1S/C19H16ClN3O2/c20-16-9-8-15(23-19(24)13-5-2-1-3-6-13)11-14(16)12-25-17-7-4-10-22-18(17)21/h1-11H,12H2,(H2,21,22)(H,23,24). The molecule has 0 aliphatic heterocycles. The van der Waals surface area contributed by atoms with Gasteiger partial charge in [0.2, 0.25) is 0 Å². The number of nitrogens with zero attached hydrogens (tertiary/aromatic N) is 1. The molecule has 3 rings (SSSR count). The van der Waals surface area contributed by atoms with E-state index in [0.717, 1.165) is 5.56 Å². The van der Waals surface area contributed by atoms with Gasteiger partial charge in [0.1, 0.15) is 6.61 Å². The molecule has 0 radical (unpaired) electrons. The lowest BCUT2D eigenvalue weighted by molar-refractivity contribution is 0.102. The minimum absolute atomic E-state index is 0.189. The van der Waals surface area contributed by atoms with E-state index in [4.69, 9.17) is 22.1 Å². The summed E-state index contributed by atoms with van der Waals surface area (Å²) in [5.74, 6) is 0.607. The first-order valence-electron chi connectivity index (χ1n) is 7.61. The van der Waals surface area contributed by atoms with Crippen molar-refractivity contribution in [2.45, 2.75) is 6.61 Å². The molecule has 6 heteroatoms. The molecule has 1 amide bonds. The number of rotatable bonds is 5. The van der Waals surface area contributed by atoms with Crippen molar-refractivity contribution in [1.29, 1.82) is 0 Å². The third kappa shape index (κ3) is 4.28. The first-order chi connectivity index (χ1) is 12.1. The number of pyridine rings is 1. The molecule has 25 heavy (non-hydrogen) atoms. The van der Waals surface area contributed by atoms with Crippen LogP contribution in [0.1, 0.15) is 15.9 Å². The fourth-order valence-corrected chi connectivity index (χ4v) is 2.41. The maximum atomic E-state index is 12.2. The highest BCUT2D eigenvalue weighted by Gasteiger charge is 2.09. The van der Waals surface area contributed by atoms with E-state index in [9.17, 15) is 4.79 Å².